The molecule has 0 radical (unpaired) electrons. The van der Waals surface area contributed by atoms with Crippen LogP contribution in [0.4, 0.5) is 0 Å². The standard InChI is InChI=1S/C19H20N2O2/c1-19(2,3)17-16(14-7-5-6-10-20-14)13-9-8-12(18(22)23-4)11-15(13)21-17/h5-11,21H,1-4H3. The lowest BCUT2D eigenvalue weighted by atomic mass is 9.88. The predicted octanol–water partition coefficient (Wildman–Crippen LogP) is 4.31. The molecule has 4 nitrogen and oxygen atoms in total. The maximum absolute atomic E-state index is 11.8. The minimum absolute atomic E-state index is 0.0721. The number of methoxy groups -OCH3 is 1. The van der Waals surface area contributed by atoms with E-state index in [1.54, 1.807) is 12.3 Å². The highest BCUT2D eigenvalue weighted by Crippen LogP contribution is 2.37. The highest BCUT2D eigenvalue weighted by Gasteiger charge is 2.24. The van der Waals surface area contributed by atoms with Gasteiger partial charge in [-0.05, 0) is 24.3 Å². The smallest absolute Gasteiger partial charge is 0.337 e. The lowest BCUT2D eigenvalue weighted by Gasteiger charge is -2.19. The van der Waals surface area contributed by atoms with Crippen molar-refractivity contribution in [2.45, 2.75) is 26.2 Å². The molecule has 1 aromatic carbocycles. The van der Waals surface area contributed by atoms with E-state index in [2.05, 4.69) is 30.7 Å². The Kier molecular flexibility index (Phi) is 3.68. The first-order valence-electron chi connectivity index (χ1n) is 7.58. The quantitative estimate of drug-likeness (QED) is 0.718. The number of H-pyrrole nitrogens is 1. The van der Waals surface area contributed by atoms with Crippen molar-refractivity contribution in [3.05, 3.63) is 53.9 Å². The highest BCUT2D eigenvalue weighted by molar-refractivity contribution is 6.01. The minimum atomic E-state index is -0.335. The molecule has 0 saturated heterocycles. The third kappa shape index (κ3) is 2.72. The maximum Gasteiger partial charge on any atom is 0.337 e. The molecular weight excluding hydrogens is 288 g/mol. The Hall–Kier alpha value is -2.62. The fraction of sp³-hybridized carbons (Fsp3) is 0.263. The topological polar surface area (TPSA) is 55.0 Å². The number of rotatable bonds is 2. The predicted molar refractivity (Wildman–Crippen MR) is 91.6 cm³/mol. The molecule has 0 spiro atoms. The Labute approximate surface area is 135 Å². The summed E-state index contributed by atoms with van der Waals surface area (Å²) < 4.78 is 4.81. The number of carbonyl (C=O) groups excluding carboxylic acids is 1. The number of pyridine rings is 1. The molecule has 0 aliphatic rings. The summed E-state index contributed by atoms with van der Waals surface area (Å²) in [5, 5.41) is 1.06. The second-order valence-electron chi connectivity index (χ2n) is 6.59. The molecule has 2 aromatic heterocycles. The van der Waals surface area contributed by atoms with Gasteiger partial charge in [-0.1, -0.05) is 32.9 Å². The van der Waals surface area contributed by atoms with Crippen molar-refractivity contribution in [3.8, 4) is 11.3 Å². The van der Waals surface area contributed by atoms with Crippen LogP contribution in [0.2, 0.25) is 0 Å². The van der Waals surface area contributed by atoms with Crippen LogP contribution in [0, 0.1) is 0 Å². The molecule has 3 aromatic rings. The molecule has 1 N–H and O–H groups in total. The van der Waals surface area contributed by atoms with Gasteiger partial charge < -0.3 is 9.72 Å². The van der Waals surface area contributed by atoms with Crippen LogP contribution in [0.15, 0.2) is 42.6 Å². The maximum atomic E-state index is 11.8. The summed E-state index contributed by atoms with van der Waals surface area (Å²) in [5.41, 5.74) is 4.50. The number of ether oxygens (including phenoxy) is 1. The molecule has 3 rings (SSSR count). The van der Waals surface area contributed by atoms with Gasteiger partial charge in [-0.3, -0.25) is 4.98 Å². The number of aromatic nitrogens is 2. The Morgan fingerprint density at radius 2 is 1.96 bits per heavy atom. The largest absolute Gasteiger partial charge is 0.465 e. The first-order valence-corrected chi connectivity index (χ1v) is 7.58. The van der Waals surface area contributed by atoms with Crippen LogP contribution < -0.4 is 0 Å². The van der Waals surface area contributed by atoms with E-state index < -0.39 is 0 Å². The molecule has 0 aliphatic heterocycles. The molecule has 0 saturated carbocycles. The Morgan fingerprint density at radius 3 is 2.57 bits per heavy atom. The van der Waals surface area contributed by atoms with E-state index in [1.807, 2.05) is 30.3 Å². The summed E-state index contributed by atoms with van der Waals surface area (Å²) in [7, 11) is 1.39. The van der Waals surface area contributed by atoms with Gasteiger partial charge in [-0.25, -0.2) is 4.79 Å². The molecule has 0 amide bonds. The molecule has 4 heteroatoms. The van der Waals surface area contributed by atoms with Gasteiger partial charge in [-0.15, -0.1) is 0 Å². The number of fused-ring (bicyclic) bond motifs is 1. The molecule has 0 unspecified atom stereocenters. The van der Waals surface area contributed by atoms with Gasteiger partial charge in [0.25, 0.3) is 0 Å². The fourth-order valence-electron chi connectivity index (χ4n) is 2.78. The van der Waals surface area contributed by atoms with Gasteiger partial charge in [0.05, 0.1) is 18.4 Å². The Morgan fingerprint density at radius 1 is 1.17 bits per heavy atom. The zero-order valence-electron chi connectivity index (χ0n) is 13.8. The third-order valence-electron chi connectivity index (χ3n) is 3.89. The summed E-state index contributed by atoms with van der Waals surface area (Å²) in [5.74, 6) is -0.335. The highest BCUT2D eigenvalue weighted by atomic mass is 16.5. The molecule has 0 bridgehead atoms. The van der Waals surface area contributed by atoms with Crippen LogP contribution in [-0.4, -0.2) is 23.0 Å². The van der Waals surface area contributed by atoms with E-state index in [9.17, 15) is 4.79 Å². The summed E-state index contributed by atoms with van der Waals surface area (Å²) >= 11 is 0. The number of carbonyl (C=O) groups is 1. The normalized spacial score (nSPS) is 11.7. The second-order valence-corrected chi connectivity index (χ2v) is 6.59. The number of nitrogens with zero attached hydrogens (tertiary/aromatic N) is 1. The zero-order chi connectivity index (χ0) is 16.6. The van der Waals surface area contributed by atoms with Gasteiger partial charge in [-0.2, -0.15) is 0 Å². The molecule has 0 fully saturated rings. The molecule has 23 heavy (non-hydrogen) atoms. The van der Waals surface area contributed by atoms with Crippen molar-refractivity contribution in [1.82, 2.24) is 9.97 Å². The fourth-order valence-corrected chi connectivity index (χ4v) is 2.78. The van der Waals surface area contributed by atoms with Crippen LogP contribution in [0.25, 0.3) is 22.2 Å². The van der Waals surface area contributed by atoms with Crippen LogP contribution >= 0.6 is 0 Å². The number of hydrogen-bond donors (Lipinski definition) is 1. The van der Waals surface area contributed by atoms with Gasteiger partial charge in [0.2, 0.25) is 0 Å². The minimum Gasteiger partial charge on any atom is -0.465 e. The van der Waals surface area contributed by atoms with Crippen molar-refractivity contribution >= 4 is 16.9 Å². The summed E-state index contributed by atoms with van der Waals surface area (Å²) in [6.07, 6.45) is 1.80. The Balaban J connectivity index is 2.30. The number of nitrogens with one attached hydrogen (secondary N) is 1. The van der Waals surface area contributed by atoms with E-state index >= 15 is 0 Å². The molecule has 0 aliphatic carbocycles. The van der Waals surface area contributed by atoms with Crippen molar-refractivity contribution in [1.29, 1.82) is 0 Å². The molecule has 0 atom stereocenters. The van der Waals surface area contributed by atoms with Gasteiger partial charge in [0.1, 0.15) is 0 Å². The van der Waals surface area contributed by atoms with Crippen LogP contribution in [0.1, 0.15) is 36.8 Å². The van der Waals surface area contributed by atoms with Crippen molar-refractivity contribution in [3.63, 3.8) is 0 Å². The SMILES string of the molecule is COC(=O)c1ccc2c(-c3ccccn3)c(C(C)(C)C)[nH]c2c1. The van der Waals surface area contributed by atoms with E-state index in [-0.39, 0.29) is 11.4 Å². The second kappa shape index (κ2) is 5.54. The average Bonchev–Trinajstić information content (AvgIpc) is 2.93. The lowest BCUT2D eigenvalue weighted by Crippen LogP contribution is -2.13. The molecule has 118 valence electrons. The summed E-state index contributed by atoms with van der Waals surface area (Å²) in [6, 6.07) is 11.5. The van der Waals surface area contributed by atoms with E-state index in [1.165, 1.54) is 7.11 Å². The number of esters is 1. The van der Waals surface area contributed by atoms with Gasteiger partial charge in [0, 0.05) is 33.8 Å². The van der Waals surface area contributed by atoms with E-state index in [0.717, 1.165) is 27.9 Å². The lowest BCUT2D eigenvalue weighted by molar-refractivity contribution is 0.0601. The monoisotopic (exact) mass is 308 g/mol. The van der Waals surface area contributed by atoms with E-state index in [0.29, 0.717) is 5.56 Å². The van der Waals surface area contributed by atoms with Crippen LogP contribution in [0.3, 0.4) is 0 Å². The third-order valence-corrected chi connectivity index (χ3v) is 3.89. The van der Waals surface area contributed by atoms with E-state index in [4.69, 9.17) is 4.74 Å². The first kappa shape index (κ1) is 15.3. The summed E-state index contributed by atoms with van der Waals surface area (Å²) in [4.78, 5) is 19.7. The molecular formula is C19H20N2O2. The number of aromatic amines is 1. The van der Waals surface area contributed by atoms with Crippen molar-refractivity contribution < 1.29 is 9.53 Å². The Bertz CT molecular complexity index is 858. The number of benzene rings is 1. The summed E-state index contributed by atoms with van der Waals surface area (Å²) in [6.45, 7) is 6.47. The van der Waals surface area contributed by atoms with Crippen LogP contribution in [0.5, 0.6) is 0 Å². The van der Waals surface area contributed by atoms with Gasteiger partial charge >= 0.3 is 5.97 Å². The van der Waals surface area contributed by atoms with Gasteiger partial charge in [0.15, 0.2) is 0 Å². The molecule has 2 heterocycles. The first-order chi connectivity index (χ1) is 10.9. The van der Waals surface area contributed by atoms with Crippen molar-refractivity contribution in [2.75, 3.05) is 7.11 Å². The zero-order valence-corrected chi connectivity index (χ0v) is 13.8. The van der Waals surface area contributed by atoms with Crippen molar-refractivity contribution in [2.24, 2.45) is 0 Å². The number of hydrogen-bond acceptors (Lipinski definition) is 3. The average molecular weight is 308 g/mol. The van der Waals surface area contributed by atoms with Crippen LogP contribution in [-0.2, 0) is 10.2 Å².